The van der Waals surface area contributed by atoms with Crippen molar-refractivity contribution in [2.75, 3.05) is 13.1 Å². The van der Waals surface area contributed by atoms with Gasteiger partial charge in [0, 0.05) is 0 Å². The van der Waals surface area contributed by atoms with Gasteiger partial charge in [-0.1, -0.05) is 11.3 Å². The lowest BCUT2D eigenvalue weighted by Crippen LogP contribution is -2.26. The number of aromatic nitrogens is 3. The molecule has 0 bridgehead atoms. The lowest BCUT2D eigenvalue weighted by atomic mass is 9.90. The summed E-state index contributed by atoms with van der Waals surface area (Å²) in [6.07, 6.45) is 2.45. The molecule has 1 fully saturated rings. The van der Waals surface area contributed by atoms with Crippen LogP contribution in [0.1, 0.15) is 24.3 Å². The van der Waals surface area contributed by atoms with Crippen molar-refractivity contribution in [2.24, 2.45) is 0 Å². The monoisotopic (exact) mass is 238 g/mol. The van der Waals surface area contributed by atoms with Crippen molar-refractivity contribution in [3.05, 3.63) is 23.8 Å². The highest BCUT2D eigenvalue weighted by Gasteiger charge is 2.15. The molecule has 1 aliphatic rings. The molecule has 16 heavy (non-hydrogen) atoms. The van der Waals surface area contributed by atoms with E-state index in [1.165, 1.54) is 18.4 Å². The fraction of sp³-hybridized carbons (Fsp3) is 0.455. The maximum atomic E-state index is 4.05. The average Bonchev–Trinajstić information content (AvgIpc) is 2.77. The van der Waals surface area contributed by atoms with Crippen molar-refractivity contribution in [1.82, 2.24) is 20.7 Å². The number of fused-ring (bicyclic) bond motifs is 1. The van der Waals surface area contributed by atoms with E-state index in [2.05, 4.69) is 38.9 Å². The number of benzene rings is 1. The van der Waals surface area contributed by atoms with E-state index < -0.39 is 0 Å². The molecule has 1 aromatic carbocycles. The molecule has 0 amide bonds. The first-order valence-electron chi connectivity index (χ1n) is 5.45. The Hall–Kier alpha value is -1.13. The second-order valence-corrected chi connectivity index (χ2v) is 4.11. The first kappa shape index (κ1) is 11.4. The van der Waals surface area contributed by atoms with E-state index in [1.807, 2.05) is 0 Å². The topological polar surface area (TPSA) is 53.6 Å². The highest BCUT2D eigenvalue weighted by molar-refractivity contribution is 5.85. The normalized spacial score (nSPS) is 17.2. The summed E-state index contributed by atoms with van der Waals surface area (Å²) in [4.78, 5) is 0. The fourth-order valence-electron chi connectivity index (χ4n) is 2.27. The van der Waals surface area contributed by atoms with Crippen molar-refractivity contribution in [3.8, 4) is 0 Å². The summed E-state index contributed by atoms with van der Waals surface area (Å²) in [5, 5.41) is 14.1. The molecule has 3 rings (SSSR count). The number of halogens is 1. The molecule has 0 spiro atoms. The van der Waals surface area contributed by atoms with E-state index in [1.54, 1.807) is 0 Å². The van der Waals surface area contributed by atoms with Crippen LogP contribution in [0, 0.1) is 0 Å². The zero-order valence-electron chi connectivity index (χ0n) is 8.94. The maximum Gasteiger partial charge on any atom is 0.113 e. The van der Waals surface area contributed by atoms with Crippen molar-refractivity contribution in [3.63, 3.8) is 0 Å². The number of H-pyrrole nitrogens is 1. The number of hydrogen-bond acceptors (Lipinski definition) is 3. The van der Waals surface area contributed by atoms with Gasteiger partial charge in [0.2, 0.25) is 0 Å². The highest BCUT2D eigenvalue weighted by atomic mass is 35.5. The first-order chi connectivity index (χ1) is 7.43. The Bertz CT molecular complexity index is 462. The predicted molar refractivity (Wildman–Crippen MR) is 66.0 cm³/mol. The summed E-state index contributed by atoms with van der Waals surface area (Å²) in [6.45, 7) is 2.25. The van der Waals surface area contributed by atoms with Crippen molar-refractivity contribution < 1.29 is 0 Å². The summed E-state index contributed by atoms with van der Waals surface area (Å²) < 4.78 is 0. The van der Waals surface area contributed by atoms with Crippen molar-refractivity contribution in [2.45, 2.75) is 18.8 Å². The average molecular weight is 239 g/mol. The zero-order chi connectivity index (χ0) is 10.1. The Kier molecular flexibility index (Phi) is 3.41. The molecule has 1 aliphatic heterocycles. The zero-order valence-corrected chi connectivity index (χ0v) is 9.76. The van der Waals surface area contributed by atoms with Crippen LogP contribution in [0.2, 0.25) is 0 Å². The summed E-state index contributed by atoms with van der Waals surface area (Å²) in [7, 11) is 0. The second-order valence-electron chi connectivity index (χ2n) is 4.11. The summed E-state index contributed by atoms with van der Waals surface area (Å²) in [5.74, 6) is 0.687. The smallest absolute Gasteiger partial charge is 0.113 e. The number of nitrogens with one attached hydrogen (secondary N) is 2. The minimum Gasteiger partial charge on any atom is -0.317 e. The highest BCUT2D eigenvalue weighted by Crippen LogP contribution is 2.26. The van der Waals surface area contributed by atoms with Gasteiger partial charge in [-0.2, -0.15) is 0 Å². The lowest BCUT2D eigenvalue weighted by Gasteiger charge is -2.22. The minimum absolute atomic E-state index is 0. The van der Waals surface area contributed by atoms with Gasteiger partial charge in [-0.15, -0.1) is 17.5 Å². The third-order valence-electron chi connectivity index (χ3n) is 3.16. The van der Waals surface area contributed by atoms with Crippen LogP contribution in [0.3, 0.4) is 0 Å². The van der Waals surface area contributed by atoms with E-state index in [4.69, 9.17) is 0 Å². The third kappa shape index (κ3) is 2.03. The SMILES string of the molecule is Cl.c1cc2[nH]nnc2cc1C1CCNCC1. The van der Waals surface area contributed by atoms with Crippen LogP contribution in [0.5, 0.6) is 0 Å². The van der Waals surface area contributed by atoms with Crippen LogP contribution in [0.25, 0.3) is 11.0 Å². The summed E-state index contributed by atoms with van der Waals surface area (Å²) >= 11 is 0. The molecule has 2 heterocycles. The van der Waals surface area contributed by atoms with E-state index in [9.17, 15) is 0 Å². The molecule has 0 aliphatic carbocycles. The van der Waals surface area contributed by atoms with E-state index in [-0.39, 0.29) is 12.4 Å². The van der Waals surface area contributed by atoms with Gasteiger partial charge in [0.05, 0.1) is 5.52 Å². The summed E-state index contributed by atoms with van der Waals surface area (Å²) in [5.41, 5.74) is 3.40. The van der Waals surface area contributed by atoms with Gasteiger partial charge < -0.3 is 5.32 Å². The molecule has 0 unspecified atom stereocenters. The Morgan fingerprint density at radius 3 is 2.81 bits per heavy atom. The Morgan fingerprint density at radius 2 is 2.00 bits per heavy atom. The molecule has 1 aromatic heterocycles. The third-order valence-corrected chi connectivity index (χ3v) is 3.16. The number of rotatable bonds is 1. The second kappa shape index (κ2) is 4.80. The van der Waals surface area contributed by atoms with Crippen LogP contribution in [0.4, 0.5) is 0 Å². The standard InChI is InChI=1S/C11H14N4.ClH/c1-2-10-11(14-15-13-10)7-9(1)8-3-5-12-6-4-8;/h1-2,7-8,12H,3-6H2,(H,13,14,15);1H. The van der Waals surface area contributed by atoms with Gasteiger partial charge in [0.1, 0.15) is 5.52 Å². The Morgan fingerprint density at radius 1 is 1.19 bits per heavy atom. The van der Waals surface area contributed by atoms with Crippen LogP contribution in [0.15, 0.2) is 18.2 Å². The molecule has 0 radical (unpaired) electrons. The van der Waals surface area contributed by atoms with Gasteiger partial charge in [-0.3, -0.25) is 5.10 Å². The minimum atomic E-state index is 0. The molecule has 4 nitrogen and oxygen atoms in total. The van der Waals surface area contributed by atoms with Gasteiger partial charge >= 0.3 is 0 Å². The van der Waals surface area contributed by atoms with Crippen LogP contribution in [-0.4, -0.2) is 28.5 Å². The van der Waals surface area contributed by atoms with Gasteiger partial charge in [-0.25, -0.2) is 0 Å². The van der Waals surface area contributed by atoms with Crippen molar-refractivity contribution in [1.29, 1.82) is 0 Å². The molecule has 5 heteroatoms. The molecular weight excluding hydrogens is 224 g/mol. The predicted octanol–water partition coefficient (Wildman–Crippen LogP) is 1.85. The largest absolute Gasteiger partial charge is 0.317 e. The number of piperidine rings is 1. The van der Waals surface area contributed by atoms with Crippen LogP contribution < -0.4 is 5.32 Å². The molecule has 2 aromatic rings. The van der Waals surface area contributed by atoms with Gasteiger partial charge in [-0.05, 0) is 49.5 Å². The molecule has 0 atom stereocenters. The van der Waals surface area contributed by atoms with E-state index in [0.29, 0.717) is 5.92 Å². The molecular formula is C11H15ClN4. The first-order valence-corrected chi connectivity index (χ1v) is 5.45. The Labute approximate surface area is 100 Å². The number of aromatic amines is 1. The number of nitrogens with zero attached hydrogens (tertiary/aromatic N) is 2. The molecule has 1 saturated heterocycles. The van der Waals surface area contributed by atoms with E-state index in [0.717, 1.165) is 24.1 Å². The lowest BCUT2D eigenvalue weighted by molar-refractivity contribution is 0.460. The molecule has 2 N–H and O–H groups in total. The van der Waals surface area contributed by atoms with Crippen LogP contribution >= 0.6 is 12.4 Å². The summed E-state index contributed by atoms with van der Waals surface area (Å²) in [6, 6.07) is 6.43. The maximum absolute atomic E-state index is 4.05. The van der Waals surface area contributed by atoms with Crippen molar-refractivity contribution >= 4 is 23.4 Å². The van der Waals surface area contributed by atoms with Gasteiger partial charge in [0.15, 0.2) is 0 Å². The molecule has 0 saturated carbocycles. The number of hydrogen-bond donors (Lipinski definition) is 2. The van der Waals surface area contributed by atoms with Gasteiger partial charge in [0.25, 0.3) is 0 Å². The van der Waals surface area contributed by atoms with E-state index >= 15 is 0 Å². The Balaban J connectivity index is 0.000000963. The fourth-order valence-corrected chi connectivity index (χ4v) is 2.27. The van der Waals surface area contributed by atoms with Crippen LogP contribution in [-0.2, 0) is 0 Å². The quantitative estimate of drug-likeness (QED) is 0.797. The molecule has 86 valence electrons.